The fourth-order valence-electron chi connectivity index (χ4n) is 3.41. The molecular weight excluding hydrogens is 391 g/mol. The van der Waals surface area contributed by atoms with Crippen molar-refractivity contribution in [2.45, 2.75) is 6.18 Å². The maximum Gasteiger partial charge on any atom is 0.417 e. The highest BCUT2D eigenvalue weighted by molar-refractivity contribution is 5.87. The van der Waals surface area contributed by atoms with Crippen LogP contribution < -0.4 is 4.90 Å². The van der Waals surface area contributed by atoms with E-state index in [1.54, 1.807) is 0 Å². The molecule has 0 saturated carbocycles. The van der Waals surface area contributed by atoms with Crippen molar-refractivity contribution >= 4 is 22.5 Å². The van der Waals surface area contributed by atoms with E-state index in [9.17, 15) is 13.2 Å². The largest absolute Gasteiger partial charge is 0.417 e. The first-order valence-electron chi connectivity index (χ1n) is 8.72. The van der Waals surface area contributed by atoms with E-state index < -0.39 is 11.7 Å². The second-order valence-corrected chi connectivity index (χ2v) is 6.76. The van der Waals surface area contributed by atoms with Gasteiger partial charge in [-0.3, -0.25) is 0 Å². The van der Waals surface area contributed by atoms with E-state index in [-0.39, 0.29) is 16.9 Å². The first kappa shape index (κ1) is 17.7. The van der Waals surface area contributed by atoms with E-state index in [4.69, 9.17) is 0 Å². The fraction of sp³-hybridized carbons (Fsp3) is 0.400. The van der Waals surface area contributed by atoms with Gasteiger partial charge in [-0.05, 0) is 34.8 Å². The average Bonchev–Trinajstić information content (AvgIpc) is 3.38. The number of fused-ring (bicyclic) bond motifs is 3. The van der Waals surface area contributed by atoms with E-state index in [1.807, 2.05) is 11.9 Å². The van der Waals surface area contributed by atoms with Crippen LogP contribution in [-0.2, 0) is 6.18 Å². The summed E-state index contributed by atoms with van der Waals surface area (Å²) in [6.07, 6.45) is -4.63. The number of H-pyrrole nitrogens is 1. The third-order valence-electron chi connectivity index (χ3n) is 4.93. The smallest absolute Gasteiger partial charge is 0.351 e. The molecule has 0 atom stereocenters. The molecule has 14 heteroatoms. The maximum atomic E-state index is 13.7. The highest BCUT2D eigenvalue weighted by Crippen LogP contribution is 2.38. The van der Waals surface area contributed by atoms with Crippen molar-refractivity contribution in [3.63, 3.8) is 0 Å². The Bertz CT molecular complexity index is 1180. The number of alkyl halides is 3. The molecule has 4 heterocycles. The zero-order chi connectivity index (χ0) is 20.2. The van der Waals surface area contributed by atoms with Crippen molar-refractivity contribution < 1.29 is 13.2 Å². The molecule has 11 nitrogen and oxygen atoms in total. The van der Waals surface area contributed by atoms with Crippen LogP contribution in [0.25, 0.3) is 28.1 Å². The van der Waals surface area contributed by atoms with Crippen LogP contribution in [0.2, 0.25) is 0 Å². The Morgan fingerprint density at radius 2 is 1.86 bits per heavy atom. The second-order valence-electron chi connectivity index (χ2n) is 6.76. The lowest BCUT2D eigenvalue weighted by Crippen LogP contribution is -2.45. The first-order chi connectivity index (χ1) is 13.9. The summed E-state index contributed by atoms with van der Waals surface area (Å²) >= 11 is 0. The second kappa shape index (κ2) is 6.30. The molecule has 0 radical (unpaired) electrons. The minimum absolute atomic E-state index is 0.123. The Labute approximate surface area is 160 Å². The number of halogens is 3. The number of nitrogens with zero attached hydrogens (tertiary/aromatic N) is 10. The van der Waals surface area contributed by atoms with Gasteiger partial charge in [0, 0.05) is 31.7 Å². The third-order valence-corrected chi connectivity index (χ3v) is 4.93. The first-order valence-corrected chi connectivity index (χ1v) is 8.72. The van der Waals surface area contributed by atoms with Crippen LogP contribution in [0.15, 0.2) is 12.1 Å². The lowest BCUT2D eigenvalue weighted by atomic mass is 10.0. The average molecular weight is 405 g/mol. The summed E-state index contributed by atoms with van der Waals surface area (Å²) in [6.45, 7) is 2.95. The number of hydrogen-bond donors (Lipinski definition) is 1. The molecular formula is C15H14F3N11. The molecule has 0 unspecified atom stereocenters. The number of anilines is 1. The molecule has 3 aromatic heterocycles. The molecule has 0 amide bonds. The highest BCUT2D eigenvalue weighted by atomic mass is 19.4. The summed E-state index contributed by atoms with van der Waals surface area (Å²) in [4.78, 5) is 8.64. The molecule has 0 spiro atoms. The minimum atomic E-state index is -4.63. The Morgan fingerprint density at radius 1 is 1.07 bits per heavy atom. The Morgan fingerprint density at radius 3 is 2.55 bits per heavy atom. The van der Waals surface area contributed by atoms with Gasteiger partial charge in [0.05, 0.1) is 16.6 Å². The Kier molecular flexibility index (Phi) is 3.84. The molecule has 1 aliphatic rings. The van der Waals surface area contributed by atoms with Gasteiger partial charge in [-0.15, -0.1) is 15.3 Å². The number of rotatable bonds is 2. The molecule has 29 heavy (non-hydrogen) atoms. The number of aromatic nitrogens is 9. The fourth-order valence-corrected chi connectivity index (χ4v) is 3.41. The lowest BCUT2D eigenvalue weighted by molar-refractivity contribution is -0.137. The van der Waals surface area contributed by atoms with Crippen molar-refractivity contribution in [2.75, 3.05) is 38.1 Å². The van der Waals surface area contributed by atoms with Gasteiger partial charge in [-0.2, -0.15) is 22.9 Å². The highest BCUT2D eigenvalue weighted by Gasteiger charge is 2.36. The van der Waals surface area contributed by atoms with Crippen LogP contribution in [0.1, 0.15) is 5.56 Å². The van der Waals surface area contributed by atoms with Gasteiger partial charge in [0.1, 0.15) is 0 Å². The number of tetrazole rings is 2. The molecule has 0 bridgehead atoms. The van der Waals surface area contributed by atoms with Gasteiger partial charge >= 0.3 is 6.18 Å². The normalized spacial score (nSPS) is 16.2. The van der Waals surface area contributed by atoms with E-state index in [0.717, 1.165) is 19.2 Å². The van der Waals surface area contributed by atoms with Gasteiger partial charge in [0.25, 0.3) is 0 Å². The third kappa shape index (κ3) is 2.91. The zero-order valence-electron chi connectivity index (χ0n) is 15.1. The van der Waals surface area contributed by atoms with E-state index in [0.29, 0.717) is 30.1 Å². The van der Waals surface area contributed by atoms with Gasteiger partial charge in [0.2, 0.25) is 11.5 Å². The summed E-state index contributed by atoms with van der Waals surface area (Å²) in [5.74, 6) is 0.277. The predicted octanol–water partition coefficient (Wildman–Crippen LogP) is 0.623. The van der Waals surface area contributed by atoms with E-state index in [1.165, 1.54) is 10.6 Å². The summed E-state index contributed by atoms with van der Waals surface area (Å²) in [5.41, 5.74) is -0.324. The van der Waals surface area contributed by atoms with Crippen molar-refractivity contribution in [2.24, 2.45) is 0 Å². The quantitative estimate of drug-likeness (QED) is 0.512. The van der Waals surface area contributed by atoms with Gasteiger partial charge < -0.3 is 9.80 Å². The molecule has 1 aromatic carbocycles. The molecule has 1 fully saturated rings. The number of piperazine rings is 1. The molecule has 150 valence electrons. The minimum Gasteiger partial charge on any atom is -0.351 e. The molecule has 0 aliphatic carbocycles. The predicted molar refractivity (Wildman–Crippen MR) is 94.0 cm³/mol. The summed E-state index contributed by atoms with van der Waals surface area (Å²) < 4.78 is 42.6. The van der Waals surface area contributed by atoms with Crippen LogP contribution in [-0.4, -0.2) is 83.8 Å². The van der Waals surface area contributed by atoms with Crippen LogP contribution in [0.5, 0.6) is 0 Å². The van der Waals surface area contributed by atoms with Crippen LogP contribution >= 0.6 is 0 Å². The van der Waals surface area contributed by atoms with Crippen molar-refractivity contribution in [1.29, 1.82) is 0 Å². The number of hydrogen-bond acceptors (Lipinski definition) is 9. The topological polar surface area (TPSA) is 117 Å². The summed E-state index contributed by atoms with van der Waals surface area (Å²) in [7, 11) is 2.01. The number of aromatic amines is 1. The van der Waals surface area contributed by atoms with Gasteiger partial charge in [-0.25, -0.2) is 4.98 Å². The van der Waals surface area contributed by atoms with Crippen LogP contribution in [0.3, 0.4) is 0 Å². The standard InChI is InChI=1S/C15H14F3N11/c1-27-2-4-28(5-3-27)13-14-22-25-26-29(14)11-6-8(12-20-23-24-21-12)9(15(16,17)18)7-10(11)19-13/h6-7H,2-5H2,1H3,(H,20,21,23,24). The maximum absolute atomic E-state index is 13.7. The van der Waals surface area contributed by atoms with Gasteiger partial charge in [-0.1, -0.05) is 0 Å². The van der Waals surface area contributed by atoms with Crippen LogP contribution in [0, 0.1) is 0 Å². The molecule has 5 rings (SSSR count). The van der Waals surface area contributed by atoms with E-state index >= 15 is 0 Å². The number of likely N-dealkylation sites (N-methyl/N-ethyl adjacent to an activating group) is 1. The van der Waals surface area contributed by atoms with Gasteiger partial charge in [0.15, 0.2) is 5.82 Å². The molecule has 1 N–H and O–H groups in total. The van der Waals surface area contributed by atoms with Crippen LogP contribution in [0.4, 0.5) is 19.0 Å². The Hall–Kier alpha value is -3.42. The van der Waals surface area contributed by atoms with Crippen molar-refractivity contribution in [1.82, 2.24) is 50.5 Å². The zero-order valence-corrected chi connectivity index (χ0v) is 15.1. The van der Waals surface area contributed by atoms with Crippen molar-refractivity contribution in [3.05, 3.63) is 17.7 Å². The molecule has 1 saturated heterocycles. The SMILES string of the molecule is CN1CCN(c2nc3cc(C(F)(F)F)c(-c4nn[nH]n4)cc3n3nnnc23)CC1. The summed E-state index contributed by atoms with van der Waals surface area (Å²) in [5, 5.41) is 24.6. The molecule has 4 aromatic rings. The number of nitrogens with one attached hydrogen (secondary N) is 1. The molecule has 1 aliphatic heterocycles. The number of benzene rings is 1. The summed E-state index contributed by atoms with van der Waals surface area (Å²) in [6, 6.07) is 2.26. The Balaban J connectivity index is 1.76. The monoisotopic (exact) mass is 405 g/mol. The van der Waals surface area contributed by atoms with Crippen molar-refractivity contribution in [3.8, 4) is 11.4 Å². The lowest BCUT2D eigenvalue weighted by Gasteiger charge is -2.33. The van der Waals surface area contributed by atoms with E-state index in [2.05, 4.69) is 46.0 Å².